The fourth-order valence-electron chi connectivity index (χ4n) is 0. The molecule has 0 unspecified atom stereocenters. The predicted octanol–water partition coefficient (Wildman–Crippen LogP) is 0.531. The summed E-state index contributed by atoms with van der Waals surface area (Å²) in [6.07, 6.45) is 0.250. The Labute approximate surface area is 60.5 Å². The summed E-state index contributed by atoms with van der Waals surface area (Å²) in [5, 5.41) is 0. The van der Waals surface area contributed by atoms with Crippen molar-refractivity contribution in [1.29, 1.82) is 0 Å². The fourth-order valence-corrected chi connectivity index (χ4v) is 0. The van der Waals surface area contributed by atoms with E-state index in [1.807, 2.05) is 0 Å². The maximum absolute atomic E-state index is 8.62. The van der Waals surface area contributed by atoms with Crippen LogP contribution in [0.25, 0.3) is 0 Å². The van der Waals surface area contributed by atoms with Crippen molar-refractivity contribution in [3.8, 4) is 0 Å². The van der Waals surface area contributed by atoms with E-state index in [9.17, 15) is 0 Å². The first-order valence-electron chi connectivity index (χ1n) is 1.07. The first-order chi connectivity index (χ1) is 3.33. The molecule has 0 fully saturated rings. The van der Waals surface area contributed by atoms with Crippen molar-refractivity contribution in [2.45, 2.75) is 22.3 Å². The van der Waals surface area contributed by atoms with E-state index in [1.165, 1.54) is 0 Å². The molecule has 0 aliphatic rings. The van der Waals surface area contributed by atoms with Gasteiger partial charge >= 0.3 is 6.15 Å². The van der Waals surface area contributed by atoms with E-state index in [-0.39, 0.29) is 28.4 Å². The van der Waals surface area contributed by atoms with E-state index in [2.05, 4.69) is 0 Å². The molecule has 0 aliphatic carbocycles. The molecule has 0 aromatic carbocycles. The normalized spacial score (nSPS) is 2.00. The molecule has 4 heteroatoms. The van der Waals surface area contributed by atoms with E-state index in [4.69, 9.17) is 19.2 Å². The minimum Gasteiger partial charge on any atom is -0.221 e. The second-order valence-corrected chi connectivity index (χ2v) is 0.287. The molecule has 0 saturated heterocycles. The predicted molar refractivity (Wildman–Crippen MR) is 36.6 cm³/mol. The van der Waals surface area contributed by atoms with E-state index in [0.29, 0.717) is 0 Å². The van der Waals surface area contributed by atoms with E-state index < -0.39 is 0 Å². The van der Waals surface area contributed by atoms with Gasteiger partial charge in [-0.1, -0.05) is 22.3 Å². The number of hydrogen-bond acceptors (Lipinski definition) is 4. The van der Waals surface area contributed by atoms with Gasteiger partial charge in [-0.2, -0.15) is 9.59 Å². The summed E-state index contributed by atoms with van der Waals surface area (Å²) >= 11 is 0. The highest BCUT2D eigenvalue weighted by atomic mass is 16.2. The smallest absolute Gasteiger partial charge is 0.221 e. The van der Waals surface area contributed by atoms with Gasteiger partial charge < -0.3 is 0 Å². The summed E-state index contributed by atoms with van der Waals surface area (Å²) in [6, 6.07) is 0. The van der Waals surface area contributed by atoms with Crippen LogP contribution in [0.5, 0.6) is 0 Å². The van der Waals surface area contributed by atoms with Crippen molar-refractivity contribution < 1.29 is 19.2 Å². The summed E-state index contributed by atoms with van der Waals surface area (Å²) in [5.74, 6) is 1.75. The van der Waals surface area contributed by atoms with Gasteiger partial charge in [-0.25, -0.2) is 9.59 Å². The van der Waals surface area contributed by atoms with Crippen LogP contribution in [0, 0.1) is 0 Å². The van der Waals surface area contributed by atoms with Gasteiger partial charge in [0.05, 0.1) is 0 Å². The van der Waals surface area contributed by atoms with Crippen LogP contribution in [0.1, 0.15) is 22.3 Å². The molecule has 0 amide bonds. The molecule has 0 saturated carbocycles. The van der Waals surface area contributed by atoms with Gasteiger partial charge in [0.15, 0.2) is 0 Å². The lowest BCUT2D eigenvalue weighted by atomic mass is 11.2. The van der Waals surface area contributed by atoms with Crippen LogP contribution < -0.4 is 0 Å². The van der Waals surface area contributed by atoms with E-state index >= 15 is 0 Å². The van der Waals surface area contributed by atoms with E-state index in [1.54, 1.807) is 0 Å². The van der Waals surface area contributed by atoms with Gasteiger partial charge in [0.25, 0.3) is 0 Å². The Morgan fingerprint density at radius 3 is 0.700 bits per heavy atom. The van der Waals surface area contributed by atoms with Crippen molar-refractivity contribution in [1.82, 2.24) is 0 Å². The summed E-state index contributed by atoms with van der Waals surface area (Å²) in [5.41, 5.74) is 0. The van der Waals surface area contributed by atoms with Crippen molar-refractivity contribution in [3.63, 3.8) is 0 Å². The Morgan fingerprint density at radius 2 is 0.700 bits per heavy atom. The second-order valence-electron chi connectivity index (χ2n) is 0.287. The monoisotopic (exact) mass is 148 g/mol. The lowest BCUT2D eigenvalue weighted by Gasteiger charge is -1.07. The number of hydrogen-bond donors (Lipinski definition) is 0. The summed E-state index contributed by atoms with van der Waals surface area (Å²) in [6.45, 7) is 0. The second kappa shape index (κ2) is 136. The highest BCUT2D eigenvalue weighted by Gasteiger charge is 1.27. The van der Waals surface area contributed by atoms with Crippen molar-refractivity contribution in [2.75, 3.05) is 0 Å². The van der Waals surface area contributed by atoms with E-state index in [0.717, 1.165) is 11.9 Å². The van der Waals surface area contributed by atoms with Crippen LogP contribution in [0.4, 0.5) is 0 Å². The zero-order valence-corrected chi connectivity index (χ0v) is 3.13. The molecule has 0 aromatic rings. The van der Waals surface area contributed by atoms with Crippen LogP contribution in [0.15, 0.2) is 0 Å². The topological polar surface area (TPSA) is 68.3 Å². The van der Waals surface area contributed by atoms with Crippen molar-refractivity contribution in [2.24, 2.45) is 0 Å². The molecule has 0 bridgehead atoms. The molecular formula is C6H12O4. The van der Waals surface area contributed by atoms with Gasteiger partial charge in [-0.15, -0.1) is 0 Å². The maximum Gasteiger partial charge on any atom is 0.373 e. The summed E-state index contributed by atoms with van der Waals surface area (Å²) < 4.78 is 0. The Kier molecular flexibility index (Phi) is 527. The molecule has 0 aliphatic heterocycles. The van der Waals surface area contributed by atoms with Gasteiger partial charge in [-0.3, -0.25) is 0 Å². The molecular weight excluding hydrogens is 136 g/mol. The average molecular weight is 148 g/mol. The zero-order chi connectivity index (χ0) is 6.12. The van der Waals surface area contributed by atoms with Crippen LogP contribution in [-0.4, -0.2) is 18.0 Å². The molecule has 0 spiro atoms. The lowest BCUT2D eigenvalue weighted by Crippen LogP contribution is -1.38. The highest BCUT2D eigenvalue weighted by Crippen LogP contribution is 0.915. The number of carbonyl (C=O) groups excluding carboxylic acids is 4. The molecule has 60 valence electrons. The van der Waals surface area contributed by atoms with Crippen LogP contribution in [0.2, 0.25) is 0 Å². The number of rotatable bonds is 0. The van der Waals surface area contributed by atoms with Crippen molar-refractivity contribution in [3.05, 3.63) is 0 Å². The quantitative estimate of drug-likeness (QED) is 0.470. The molecule has 0 atom stereocenters. The fraction of sp³-hybridized carbons (Fsp3) is 0.500. The summed E-state index contributed by atoms with van der Waals surface area (Å²) in [4.78, 5) is 33.5. The van der Waals surface area contributed by atoms with Crippen LogP contribution >= 0.6 is 0 Å². The Balaban J connectivity index is -0.0000000131. The highest BCUT2D eigenvalue weighted by molar-refractivity contribution is 5.81. The minimum atomic E-state index is 0. The lowest BCUT2D eigenvalue weighted by molar-refractivity contribution is -0.191. The largest absolute Gasteiger partial charge is 0.373 e. The molecule has 0 heterocycles. The maximum atomic E-state index is 8.62. The molecule has 0 rings (SSSR count). The van der Waals surface area contributed by atoms with Crippen LogP contribution in [0.3, 0.4) is 0 Å². The SMILES string of the molecule is C.C.C.O=C=C=O.O=C=O. The Morgan fingerprint density at radius 1 is 0.600 bits per heavy atom. The van der Waals surface area contributed by atoms with Gasteiger partial charge in [0.1, 0.15) is 0 Å². The average Bonchev–Trinajstić information content (AvgIpc) is 1.69. The molecule has 4 nitrogen and oxygen atoms in total. The van der Waals surface area contributed by atoms with Gasteiger partial charge in [-0.05, 0) is 0 Å². The molecule has 0 radical (unpaired) electrons. The Bertz CT molecular complexity index is 113. The van der Waals surface area contributed by atoms with Crippen LogP contribution in [-0.2, 0) is 19.2 Å². The third kappa shape index (κ3) is 949. The van der Waals surface area contributed by atoms with Crippen molar-refractivity contribution >= 4 is 18.0 Å². The minimum absolute atomic E-state index is 0. The van der Waals surface area contributed by atoms with Gasteiger partial charge in [0.2, 0.25) is 11.9 Å². The Hall–Kier alpha value is -1.46. The molecule has 0 N–H and O–H groups in total. The standard InChI is InChI=1S/C2O2.CO2.3CH4/c3-1-2-4;2-1-3;;;/h;;3*1H4. The first-order valence-corrected chi connectivity index (χ1v) is 1.07. The third-order valence-corrected chi connectivity index (χ3v) is 0.0417. The molecule has 0 aromatic heterocycles. The third-order valence-electron chi connectivity index (χ3n) is 0.0417. The molecule has 10 heavy (non-hydrogen) atoms. The van der Waals surface area contributed by atoms with Gasteiger partial charge in [0, 0.05) is 0 Å². The summed E-state index contributed by atoms with van der Waals surface area (Å²) in [7, 11) is 0. The zero-order valence-electron chi connectivity index (χ0n) is 3.13. The first kappa shape index (κ1) is 38.7.